The molecule has 0 aliphatic carbocycles. The second kappa shape index (κ2) is 8.67. The van der Waals surface area contributed by atoms with Gasteiger partial charge in [0.1, 0.15) is 5.75 Å². The van der Waals surface area contributed by atoms with Gasteiger partial charge in [-0.2, -0.15) is 0 Å². The third-order valence-corrected chi connectivity index (χ3v) is 5.69. The minimum absolute atomic E-state index is 0.434. The van der Waals surface area contributed by atoms with Gasteiger partial charge in [0.2, 0.25) is 0 Å². The maximum atomic E-state index is 13.6. The normalized spacial score (nSPS) is 10.9. The number of benzene rings is 3. The highest BCUT2D eigenvalue weighted by molar-refractivity contribution is 7.98. The molecule has 7 heteroatoms. The highest BCUT2D eigenvalue weighted by Gasteiger charge is 2.18. The van der Waals surface area contributed by atoms with Gasteiger partial charge in [0, 0.05) is 11.3 Å². The van der Waals surface area contributed by atoms with E-state index in [0.29, 0.717) is 22.3 Å². The summed E-state index contributed by atoms with van der Waals surface area (Å²) >= 11 is 1.42. The summed E-state index contributed by atoms with van der Waals surface area (Å²) in [5, 5.41) is 9.47. The Morgan fingerprint density at radius 2 is 1.70 bits per heavy atom. The van der Waals surface area contributed by atoms with Gasteiger partial charge in [-0.25, -0.2) is 8.78 Å². The molecule has 30 heavy (non-hydrogen) atoms. The Morgan fingerprint density at radius 1 is 0.933 bits per heavy atom. The molecule has 0 unspecified atom stereocenters. The molecule has 1 heterocycles. The zero-order valence-corrected chi connectivity index (χ0v) is 17.3. The Labute approximate surface area is 177 Å². The summed E-state index contributed by atoms with van der Waals surface area (Å²) in [6.45, 7) is 2.02. The first kappa shape index (κ1) is 20.1. The van der Waals surface area contributed by atoms with Crippen molar-refractivity contribution < 1.29 is 13.5 Å². The van der Waals surface area contributed by atoms with E-state index in [9.17, 15) is 8.78 Å². The number of nitrogens with zero attached hydrogens (tertiary/aromatic N) is 3. The number of rotatable bonds is 6. The molecule has 0 amide bonds. The number of ether oxygens (including phenoxy) is 1. The van der Waals surface area contributed by atoms with Crippen LogP contribution in [0, 0.1) is 18.6 Å². The van der Waals surface area contributed by atoms with E-state index in [1.807, 2.05) is 60.0 Å². The van der Waals surface area contributed by atoms with Crippen LogP contribution >= 0.6 is 11.8 Å². The van der Waals surface area contributed by atoms with E-state index in [-0.39, 0.29) is 0 Å². The Bertz CT molecular complexity index is 1180. The first-order chi connectivity index (χ1) is 14.6. The molecule has 0 aliphatic heterocycles. The molecule has 152 valence electrons. The zero-order valence-electron chi connectivity index (χ0n) is 16.5. The van der Waals surface area contributed by atoms with Crippen LogP contribution in [0.1, 0.15) is 11.1 Å². The number of halogens is 2. The topological polar surface area (TPSA) is 39.9 Å². The summed E-state index contributed by atoms with van der Waals surface area (Å²) in [6.07, 6.45) is 0. The predicted molar refractivity (Wildman–Crippen MR) is 114 cm³/mol. The van der Waals surface area contributed by atoms with Gasteiger partial charge in [0.05, 0.1) is 12.8 Å². The van der Waals surface area contributed by atoms with Gasteiger partial charge in [-0.15, -0.1) is 10.2 Å². The third kappa shape index (κ3) is 4.07. The molecule has 0 aliphatic rings. The number of para-hydroxylation sites is 1. The lowest BCUT2D eigenvalue weighted by Crippen LogP contribution is -2.02. The van der Waals surface area contributed by atoms with Crippen LogP contribution in [-0.4, -0.2) is 21.9 Å². The fraction of sp³-hybridized carbons (Fsp3) is 0.130. The number of aromatic nitrogens is 3. The van der Waals surface area contributed by atoms with Crippen molar-refractivity contribution in [2.45, 2.75) is 17.8 Å². The Kier molecular flexibility index (Phi) is 5.81. The minimum atomic E-state index is -0.854. The lowest BCUT2D eigenvalue weighted by atomic mass is 10.1. The summed E-state index contributed by atoms with van der Waals surface area (Å²) in [6, 6.07) is 19.5. The van der Waals surface area contributed by atoms with Gasteiger partial charge in [-0.3, -0.25) is 4.57 Å². The average Bonchev–Trinajstić information content (AvgIpc) is 3.18. The molecule has 4 aromatic rings. The summed E-state index contributed by atoms with van der Waals surface area (Å²) in [4.78, 5) is 0. The van der Waals surface area contributed by atoms with Crippen LogP contribution in [0.25, 0.3) is 17.1 Å². The second-order valence-corrected chi connectivity index (χ2v) is 7.64. The van der Waals surface area contributed by atoms with Crippen molar-refractivity contribution in [2.24, 2.45) is 0 Å². The summed E-state index contributed by atoms with van der Waals surface area (Å²) < 4.78 is 34.0. The molecule has 0 fully saturated rings. The van der Waals surface area contributed by atoms with Crippen molar-refractivity contribution in [1.29, 1.82) is 0 Å². The number of hydrogen-bond donors (Lipinski definition) is 0. The van der Waals surface area contributed by atoms with Gasteiger partial charge >= 0.3 is 0 Å². The van der Waals surface area contributed by atoms with Crippen LogP contribution in [0.5, 0.6) is 5.75 Å². The molecule has 0 spiro atoms. The van der Waals surface area contributed by atoms with E-state index in [1.165, 1.54) is 17.8 Å². The molecule has 0 bridgehead atoms. The van der Waals surface area contributed by atoms with Gasteiger partial charge in [-0.1, -0.05) is 36.0 Å². The van der Waals surface area contributed by atoms with Crippen molar-refractivity contribution >= 4 is 11.8 Å². The van der Waals surface area contributed by atoms with E-state index in [1.54, 1.807) is 13.2 Å². The van der Waals surface area contributed by atoms with E-state index < -0.39 is 11.6 Å². The van der Waals surface area contributed by atoms with Crippen LogP contribution in [0.4, 0.5) is 8.78 Å². The Hall–Kier alpha value is -3.19. The fourth-order valence-electron chi connectivity index (χ4n) is 3.10. The lowest BCUT2D eigenvalue weighted by molar-refractivity contribution is 0.415. The van der Waals surface area contributed by atoms with E-state index in [0.717, 1.165) is 28.6 Å². The van der Waals surface area contributed by atoms with Crippen LogP contribution in [0.2, 0.25) is 0 Å². The molecular formula is C23H19F2N3OS. The smallest absolute Gasteiger partial charge is 0.196 e. The van der Waals surface area contributed by atoms with Crippen LogP contribution < -0.4 is 4.74 Å². The van der Waals surface area contributed by atoms with Crippen molar-refractivity contribution in [3.05, 3.63) is 89.5 Å². The van der Waals surface area contributed by atoms with Crippen LogP contribution in [0.15, 0.2) is 71.9 Å². The molecule has 4 nitrogen and oxygen atoms in total. The van der Waals surface area contributed by atoms with Crippen molar-refractivity contribution in [1.82, 2.24) is 14.8 Å². The molecule has 4 rings (SSSR count). The molecule has 0 saturated heterocycles. The lowest BCUT2D eigenvalue weighted by Gasteiger charge is -2.13. The molecule has 0 N–H and O–H groups in total. The first-order valence-corrected chi connectivity index (χ1v) is 10.3. The highest BCUT2D eigenvalue weighted by atomic mass is 32.2. The maximum absolute atomic E-state index is 13.6. The summed E-state index contributed by atoms with van der Waals surface area (Å²) in [7, 11) is 1.62. The Morgan fingerprint density at radius 3 is 2.40 bits per heavy atom. The van der Waals surface area contributed by atoms with Crippen molar-refractivity contribution in [3.8, 4) is 22.8 Å². The molecular weight excluding hydrogens is 404 g/mol. The average molecular weight is 423 g/mol. The quantitative estimate of drug-likeness (QED) is 0.366. The largest absolute Gasteiger partial charge is 0.497 e. The fourth-order valence-corrected chi connectivity index (χ4v) is 3.99. The van der Waals surface area contributed by atoms with E-state index in [4.69, 9.17) is 4.74 Å². The van der Waals surface area contributed by atoms with Crippen molar-refractivity contribution in [2.75, 3.05) is 7.11 Å². The van der Waals surface area contributed by atoms with Crippen LogP contribution in [-0.2, 0) is 5.75 Å². The monoisotopic (exact) mass is 423 g/mol. The molecule has 0 atom stereocenters. The molecule has 1 aromatic heterocycles. The first-order valence-electron chi connectivity index (χ1n) is 9.29. The minimum Gasteiger partial charge on any atom is -0.497 e. The molecule has 0 saturated carbocycles. The highest BCUT2D eigenvalue weighted by Crippen LogP contribution is 2.31. The second-order valence-electron chi connectivity index (χ2n) is 6.69. The molecule has 0 radical (unpaired) electrons. The summed E-state index contributed by atoms with van der Waals surface area (Å²) in [5.41, 5.74) is 3.60. The van der Waals surface area contributed by atoms with Crippen LogP contribution in [0.3, 0.4) is 0 Å². The predicted octanol–water partition coefficient (Wildman–Crippen LogP) is 5.82. The number of aryl methyl sites for hydroxylation is 1. The Balaban J connectivity index is 1.73. The number of methoxy groups -OCH3 is 1. The van der Waals surface area contributed by atoms with E-state index in [2.05, 4.69) is 10.2 Å². The summed E-state index contributed by atoms with van der Waals surface area (Å²) in [5.74, 6) is 0.179. The van der Waals surface area contributed by atoms with Gasteiger partial charge in [0.25, 0.3) is 0 Å². The van der Waals surface area contributed by atoms with Crippen molar-refractivity contribution in [3.63, 3.8) is 0 Å². The van der Waals surface area contributed by atoms with Gasteiger partial charge < -0.3 is 4.74 Å². The SMILES string of the molecule is COc1ccc(-c2nnc(SCc3ccc(F)c(F)c3)n2-c2ccccc2C)cc1. The molecule has 3 aromatic carbocycles. The van der Waals surface area contributed by atoms with E-state index >= 15 is 0 Å². The number of hydrogen-bond acceptors (Lipinski definition) is 4. The van der Waals surface area contributed by atoms with Gasteiger partial charge in [0.15, 0.2) is 22.6 Å². The third-order valence-electron chi connectivity index (χ3n) is 4.69. The standard InChI is InChI=1S/C23H19F2N3OS/c1-15-5-3-4-6-21(15)28-22(17-8-10-18(29-2)11-9-17)26-27-23(28)30-14-16-7-12-19(24)20(25)13-16/h3-13H,14H2,1-2H3. The zero-order chi connectivity index (χ0) is 21.1. The maximum Gasteiger partial charge on any atom is 0.196 e. The number of thioether (sulfide) groups is 1. The van der Waals surface area contributed by atoms with Gasteiger partial charge in [-0.05, 0) is 60.5 Å².